The summed E-state index contributed by atoms with van der Waals surface area (Å²) in [4.78, 5) is 36.5. The van der Waals surface area contributed by atoms with Gasteiger partial charge in [-0.3, -0.25) is 14.6 Å². The molecule has 3 aromatic rings. The SMILES string of the molecule is O=C(O)CC(Nc1ccc2c(c1)OCC(=O)N2CCNc1ncc[nH]1)c1cccnc1. The van der Waals surface area contributed by atoms with Gasteiger partial charge in [-0.2, -0.15) is 0 Å². The molecule has 10 heteroatoms. The Morgan fingerprint density at radius 2 is 2.23 bits per heavy atom. The van der Waals surface area contributed by atoms with E-state index in [1.54, 1.807) is 54.0 Å². The third-order valence-corrected chi connectivity index (χ3v) is 4.84. The van der Waals surface area contributed by atoms with E-state index >= 15 is 0 Å². The van der Waals surface area contributed by atoms with Gasteiger partial charge in [-0.15, -0.1) is 0 Å². The van der Waals surface area contributed by atoms with Crippen LogP contribution >= 0.6 is 0 Å². The number of hydrogen-bond acceptors (Lipinski definition) is 7. The minimum Gasteiger partial charge on any atom is -0.481 e. The second kappa shape index (κ2) is 9.16. The minimum absolute atomic E-state index is 0.0572. The monoisotopic (exact) mass is 422 g/mol. The fraction of sp³-hybridized carbons (Fsp3) is 0.238. The van der Waals surface area contributed by atoms with Crippen molar-refractivity contribution < 1.29 is 19.4 Å². The van der Waals surface area contributed by atoms with Crippen molar-refractivity contribution in [3.05, 3.63) is 60.7 Å². The highest BCUT2D eigenvalue weighted by molar-refractivity contribution is 5.98. The molecule has 0 radical (unpaired) electrons. The molecule has 1 atom stereocenters. The molecule has 31 heavy (non-hydrogen) atoms. The Hall–Kier alpha value is -4.08. The second-order valence-electron chi connectivity index (χ2n) is 6.96. The lowest BCUT2D eigenvalue weighted by molar-refractivity contribution is -0.137. The molecule has 3 heterocycles. The predicted molar refractivity (Wildman–Crippen MR) is 114 cm³/mol. The third kappa shape index (κ3) is 4.92. The number of aromatic amines is 1. The summed E-state index contributed by atoms with van der Waals surface area (Å²) in [5.41, 5.74) is 2.13. The first-order valence-corrected chi connectivity index (χ1v) is 9.79. The van der Waals surface area contributed by atoms with Crippen LogP contribution in [0.5, 0.6) is 5.75 Å². The van der Waals surface area contributed by atoms with Crippen LogP contribution in [0.1, 0.15) is 18.0 Å². The standard InChI is InChI=1S/C21H22N6O4/c28-19-13-31-18-10-15(26-16(11-20(29)30)14-2-1-5-22-12-14)3-4-17(18)27(19)9-8-25-21-23-6-7-24-21/h1-7,10,12,16,26H,8-9,11,13H2,(H,29,30)(H2,23,24,25). The average molecular weight is 422 g/mol. The number of ether oxygens (including phenoxy) is 1. The molecule has 4 N–H and O–H groups in total. The van der Waals surface area contributed by atoms with Gasteiger partial charge in [0.25, 0.3) is 5.91 Å². The first-order chi connectivity index (χ1) is 15.1. The lowest BCUT2D eigenvalue weighted by atomic mass is 10.1. The van der Waals surface area contributed by atoms with Crippen LogP contribution in [0.4, 0.5) is 17.3 Å². The number of carboxylic acid groups (broad SMARTS) is 1. The molecule has 0 saturated heterocycles. The van der Waals surface area contributed by atoms with Crippen LogP contribution in [0.25, 0.3) is 0 Å². The van der Waals surface area contributed by atoms with E-state index in [4.69, 9.17) is 4.74 Å². The van der Waals surface area contributed by atoms with Crippen molar-refractivity contribution in [1.29, 1.82) is 0 Å². The molecule has 0 bridgehead atoms. The zero-order chi connectivity index (χ0) is 21.6. The average Bonchev–Trinajstić information content (AvgIpc) is 3.29. The van der Waals surface area contributed by atoms with Crippen molar-refractivity contribution in [3.8, 4) is 5.75 Å². The Kier molecular flexibility index (Phi) is 5.97. The van der Waals surface area contributed by atoms with E-state index in [1.807, 2.05) is 6.07 Å². The quantitative estimate of drug-likeness (QED) is 0.413. The van der Waals surface area contributed by atoms with Crippen molar-refractivity contribution in [2.24, 2.45) is 0 Å². The van der Waals surface area contributed by atoms with Crippen LogP contribution in [0, 0.1) is 0 Å². The van der Waals surface area contributed by atoms with Crippen LogP contribution in [0.2, 0.25) is 0 Å². The molecular formula is C21H22N6O4. The molecule has 1 aliphatic heterocycles. The van der Waals surface area contributed by atoms with E-state index in [9.17, 15) is 14.7 Å². The molecule has 4 rings (SSSR count). The predicted octanol–water partition coefficient (Wildman–Crippen LogP) is 2.27. The van der Waals surface area contributed by atoms with Gasteiger partial charge in [0.05, 0.1) is 18.2 Å². The van der Waals surface area contributed by atoms with E-state index in [-0.39, 0.29) is 18.9 Å². The van der Waals surface area contributed by atoms with Gasteiger partial charge in [0.2, 0.25) is 0 Å². The van der Waals surface area contributed by atoms with E-state index in [0.29, 0.717) is 36.2 Å². The van der Waals surface area contributed by atoms with E-state index in [0.717, 1.165) is 5.56 Å². The number of anilines is 3. The zero-order valence-electron chi connectivity index (χ0n) is 16.6. The maximum Gasteiger partial charge on any atom is 0.305 e. The van der Waals surface area contributed by atoms with E-state index < -0.39 is 12.0 Å². The molecule has 1 aromatic carbocycles. The maximum absolute atomic E-state index is 12.4. The molecule has 1 aliphatic rings. The number of fused-ring (bicyclic) bond motifs is 1. The van der Waals surface area contributed by atoms with Crippen LogP contribution < -0.4 is 20.3 Å². The molecule has 0 saturated carbocycles. The molecule has 10 nitrogen and oxygen atoms in total. The molecule has 1 amide bonds. The highest BCUT2D eigenvalue weighted by Crippen LogP contribution is 2.35. The summed E-state index contributed by atoms with van der Waals surface area (Å²) < 4.78 is 5.63. The van der Waals surface area contributed by atoms with E-state index in [1.165, 1.54) is 0 Å². The Labute approximate surface area is 178 Å². The van der Waals surface area contributed by atoms with Gasteiger partial charge in [0, 0.05) is 49.6 Å². The number of nitrogens with zero attached hydrogens (tertiary/aromatic N) is 3. The molecule has 2 aromatic heterocycles. The van der Waals surface area contributed by atoms with Crippen LogP contribution in [0.15, 0.2) is 55.1 Å². The van der Waals surface area contributed by atoms with Crippen LogP contribution in [-0.2, 0) is 9.59 Å². The van der Waals surface area contributed by atoms with Gasteiger partial charge < -0.3 is 30.4 Å². The van der Waals surface area contributed by atoms with Gasteiger partial charge in [-0.25, -0.2) is 4.98 Å². The largest absolute Gasteiger partial charge is 0.481 e. The summed E-state index contributed by atoms with van der Waals surface area (Å²) in [5.74, 6) is 0.146. The van der Waals surface area contributed by atoms with Crippen molar-refractivity contribution >= 4 is 29.2 Å². The number of carbonyl (C=O) groups excluding carboxylic acids is 1. The molecule has 160 valence electrons. The van der Waals surface area contributed by atoms with Crippen molar-refractivity contribution in [3.63, 3.8) is 0 Å². The normalized spacial score (nSPS) is 13.8. The van der Waals surface area contributed by atoms with Crippen molar-refractivity contribution in [1.82, 2.24) is 15.0 Å². The smallest absolute Gasteiger partial charge is 0.305 e. The number of imidazole rings is 1. The number of nitrogens with one attached hydrogen (secondary N) is 3. The fourth-order valence-electron chi connectivity index (χ4n) is 3.40. The first kappa shape index (κ1) is 20.2. The molecule has 0 spiro atoms. The number of aromatic nitrogens is 3. The van der Waals surface area contributed by atoms with Crippen LogP contribution in [-0.4, -0.2) is 51.6 Å². The molecule has 0 fully saturated rings. The summed E-state index contributed by atoms with van der Waals surface area (Å²) in [7, 11) is 0. The summed E-state index contributed by atoms with van der Waals surface area (Å²) >= 11 is 0. The van der Waals surface area contributed by atoms with Crippen LogP contribution in [0.3, 0.4) is 0 Å². The lowest BCUT2D eigenvalue weighted by Gasteiger charge is -2.30. The number of carbonyl (C=O) groups is 2. The maximum atomic E-state index is 12.4. The zero-order valence-corrected chi connectivity index (χ0v) is 16.6. The van der Waals surface area contributed by atoms with Gasteiger partial charge in [-0.1, -0.05) is 6.07 Å². The summed E-state index contributed by atoms with van der Waals surface area (Å²) in [6.45, 7) is 0.902. The Balaban J connectivity index is 1.49. The summed E-state index contributed by atoms with van der Waals surface area (Å²) in [6.07, 6.45) is 6.54. The number of pyridine rings is 1. The second-order valence-corrected chi connectivity index (χ2v) is 6.96. The first-order valence-electron chi connectivity index (χ1n) is 9.79. The van der Waals surface area contributed by atoms with Gasteiger partial charge >= 0.3 is 5.97 Å². The minimum atomic E-state index is -0.920. The highest BCUT2D eigenvalue weighted by atomic mass is 16.5. The number of aliphatic carboxylic acids is 1. The fourth-order valence-corrected chi connectivity index (χ4v) is 3.40. The number of hydrogen-bond donors (Lipinski definition) is 4. The van der Waals surface area contributed by atoms with Gasteiger partial charge in [-0.05, 0) is 23.8 Å². The molecular weight excluding hydrogens is 400 g/mol. The Bertz CT molecular complexity index is 1040. The number of H-pyrrole nitrogens is 1. The number of rotatable bonds is 9. The van der Waals surface area contributed by atoms with Crippen molar-refractivity contribution in [2.75, 3.05) is 35.2 Å². The van der Waals surface area contributed by atoms with Gasteiger partial charge in [0.1, 0.15) is 5.75 Å². The Morgan fingerprint density at radius 3 is 2.97 bits per heavy atom. The molecule has 0 aliphatic carbocycles. The van der Waals surface area contributed by atoms with Crippen molar-refractivity contribution in [2.45, 2.75) is 12.5 Å². The topological polar surface area (TPSA) is 132 Å². The number of benzene rings is 1. The third-order valence-electron chi connectivity index (χ3n) is 4.84. The summed E-state index contributed by atoms with van der Waals surface area (Å²) in [6, 6.07) is 8.52. The lowest BCUT2D eigenvalue weighted by Crippen LogP contribution is -2.41. The molecule has 1 unspecified atom stereocenters. The number of amides is 1. The van der Waals surface area contributed by atoms with Gasteiger partial charge in [0.15, 0.2) is 12.6 Å². The number of carboxylic acids is 1. The summed E-state index contributed by atoms with van der Waals surface area (Å²) in [5, 5.41) is 15.6. The Morgan fingerprint density at radius 1 is 1.32 bits per heavy atom. The van der Waals surface area contributed by atoms with E-state index in [2.05, 4.69) is 25.6 Å². The highest BCUT2D eigenvalue weighted by Gasteiger charge is 2.26.